The van der Waals surface area contributed by atoms with E-state index in [1.807, 2.05) is 6.07 Å². The number of aromatic nitrogens is 2. The van der Waals surface area contributed by atoms with Crippen molar-refractivity contribution in [2.75, 3.05) is 13.1 Å². The summed E-state index contributed by atoms with van der Waals surface area (Å²) in [6, 6.07) is 7.99. The summed E-state index contributed by atoms with van der Waals surface area (Å²) in [5, 5.41) is 12.8. The average Bonchev–Trinajstić information content (AvgIpc) is 3.32. The summed E-state index contributed by atoms with van der Waals surface area (Å²) in [5.41, 5.74) is 2.10. The average molecular weight is 404 g/mol. The molecule has 1 aromatic heterocycles. The molecule has 7 nitrogen and oxygen atoms in total. The van der Waals surface area contributed by atoms with Gasteiger partial charge in [0.15, 0.2) is 5.69 Å². The van der Waals surface area contributed by atoms with Crippen LogP contribution in [0.1, 0.15) is 34.5 Å². The first kappa shape index (κ1) is 19.0. The summed E-state index contributed by atoms with van der Waals surface area (Å²) in [6.45, 7) is 3.95. The van der Waals surface area contributed by atoms with Crippen LogP contribution in [0.4, 0.5) is 4.79 Å². The zero-order chi connectivity index (χ0) is 19.8. The molecule has 8 heteroatoms. The molecule has 1 aliphatic carbocycles. The summed E-state index contributed by atoms with van der Waals surface area (Å²) in [6.07, 6.45) is 3.33. The zero-order valence-electron chi connectivity index (χ0n) is 15.5. The van der Waals surface area contributed by atoms with Crippen LogP contribution < -0.4 is 0 Å². The molecule has 1 aliphatic heterocycles. The zero-order valence-corrected chi connectivity index (χ0v) is 16.3. The number of rotatable bonds is 4. The lowest BCUT2D eigenvalue weighted by molar-refractivity contribution is 0.0383. The molecule has 1 unspecified atom stereocenters. The molecule has 1 N–H and O–H groups in total. The van der Waals surface area contributed by atoms with Crippen molar-refractivity contribution in [2.45, 2.75) is 32.5 Å². The highest BCUT2D eigenvalue weighted by molar-refractivity contribution is 6.33. The van der Waals surface area contributed by atoms with Crippen molar-refractivity contribution in [2.24, 2.45) is 11.8 Å². The lowest BCUT2D eigenvalue weighted by Gasteiger charge is -2.19. The molecule has 2 aliphatic rings. The lowest BCUT2D eigenvalue weighted by atomic mass is 10.0. The van der Waals surface area contributed by atoms with Gasteiger partial charge in [-0.25, -0.2) is 9.59 Å². The standard InChI is InChI=1S/C20H22ClN3O4/c1-12-3-2-4-13(5-12)11-28-16-6-14-8-23(9-15(14)7-16)20(27)24-10-17(21)18(22-24)19(25)26/h2-5,10,14-16H,6-9,11H2,1H3,(H,25,26)/t14-,15+,16?. The van der Waals surface area contributed by atoms with Crippen molar-refractivity contribution < 1.29 is 19.4 Å². The van der Waals surface area contributed by atoms with Crippen molar-refractivity contribution in [1.29, 1.82) is 0 Å². The number of carboxylic acids is 1. The van der Waals surface area contributed by atoms with Crippen LogP contribution in [0.5, 0.6) is 0 Å². The van der Waals surface area contributed by atoms with Crippen LogP contribution in [-0.2, 0) is 11.3 Å². The highest BCUT2D eigenvalue weighted by Crippen LogP contribution is 2.40. The Hall–Kier alpha value is -2.38. The fraction of sp³-hybridized carbons (Fsp3) is 0.450. The molecule has 1 saturated heterocycles. The Kier molecular flexibility index (Phi) is 5.12. The van der Waals surface area contributed by atoms with Crippen molar-refractivity contribution in [3.05, 3.63) is 52.3 Å². The second-order valence-corrected chi connectivity index (χ2v) is 8.08. The predicted octanol–water partition coefficient (Wildman–Crippen LogP) is 3.44. The lowest BCUT2D eigenvalue weighted by Crippen LogP contribution is -2.34. The van der Waals surface area contributed by atoms with Gasteiger partial charge in [-0.1, -0.05) is 41.4 Å². The van der Waals surface area contributed by atoms with Gasteiger partial charge in [-0.05, 0) is 37.2 Å². The second-order valence-electron chi connectivity index (χ2n) is 7.68. The normalized spacial score (nSPS) is 23.8. The van der Waals surface area contributed by atoms with Crippen molar-refractivity contribution in [3.63, 3.8) is 0 Å². The Morgan fingerprint density at radius 1 is 1.29 bits per heavy atom. The Labute approximate surface area is 167 Å². The van der Waals surface area contributed by atoms with Gasteiger partial charge >= 0.3 is 12.0 Å². The summed E-state index contributed by atoms with van der Waals surface area (Å²) in [4.78, 5) is 25.4. The van der Waals surface area contributed by atoms with E-state index in [2.05, 4.69) is 30.2 Å². The van der Waals surface area contributed by atoms with E-state index in [0.29, 0.717) is 31.5 Å². The number of amides is 1. The fourth-order valence-corrected chi connectivity index (χ4v) is 4.50. The SMILES string of the molecule is Cc1cccc(COC2C[C@@H]3CN(C(=O)n4cc(Cl)c(C(=O)O)n4)C[C@@H]3C2)c1. The first-order valence-corrected chi connectivity index (χ1v) is 9.73. The van der Waals surface area contributed by atoms with Gasteiger partial charge in [-0.15, -0.1) is 0 Å². The Morgan fingerprint density at radius 3 is 2.61 bits per heavy atom. The number of ether oxygens (including phenoxy) is 1. The molecule has 0 radical (unpaired) electrons. The highest BCUT2D eigenvalue weighted by atomic mass is 35.5. The van der Waals surface area contributed by atoms with E-state index in [-0.39, 0.29) is 22.9 Å². The number of fused-ring (bicyclic) bond motifs is 1. The molecule has 28 heavy (non-hydrogen) atoms. The van der Waals surface area contributed by atoms with Gasteiger partial charge in [-0.2, -0.15) is 9.78 Å². The summed E-state index contributed by atoms with van der Waals surface area (Å²) < 4.78 is 7.13. The first-order chi connectivity index (χ1) is 13.4. The number of hydrogen-bond acceptors (Lipinski definition) is 4. The third-order valence-corrected chi connectivity index (χ3v) is 5.89. The van der Waals surface area contributed by atoms with Gasteiger partial charge in [0.1, 0.15) is 0 Å². The molecule has 4 rings (SSSR count). The number of nitrogens with zero attached hydrogens (tertiary/aromatic N) is 3. The van der Waals surface area contributed by atoms with Crippen LogP contribution in [0.15, 0.2) is 30.5 Å². The van der Waals surface area contributed by atoms with Crippen LogP contribution in [0.25, 0.3) is 0 Å². The van der Waals surface area contributed by atoms with Crippen molar-refractivity contribution in [3.8, 4) is 0 Å². The number of carbonyl (C=O) groups excluding carboxylic acids is 1. The molecular formula is C20H22ClN3O4. The maximum absolute atomic E-state index is 12.6. The Bertz CT molecular complexity index is 899. The molecule has 1 aromatic carbocycles. The minimum absolute atomic E-state index is 0.0372. The second kappa shape index (κ2) is 7.56. The first-order valence-electron chi connectivity index (χ1n) is 9.35. The third-order valence-electron chi connectivity index (χ3n) is 5.61. The van der Waals surface area contributed by atoms with E-state index in [1.165, 1.54) is 17.3 Å². The molecule has 0 bridgehead atoms. The van der Waals surface area contributed by atoms with Crippen LogP contribution in [0.2, 0.25) is 5.02 Å². The monoisotopic (exact) mass is 403 g/mol. The smallest absolute Gasteiger partial charge is 0.357 e. The van der Waals surface area contributed by atoms with Gasteiger partial charge in [0.05, 0.1) is 23.9 Å². The molecule has 0 spiro atoms. The Balaban J connectivity index is 1.32. The van der Waals surface area contributed by atoms with E-state index in [0.717, 1.165) is 17.5 Å². The highest BCUT2D eigenvalue weighted by Gasteiger charge is 2.43. The fourth-order valence-electron chi connectivity index (χ4n) is 4.29. The quantitative estimate of drug-likeness (QED) is 0.845. The third kappa shape index (κ3) is 3.77. The van der Waals surface area contributed by atoms with Crippen LogP contribution >= 0.6 is 11.6 Å². The number of halogens is 1. The molecule has 1 amide bonds. The van der Waals surface area contributed by atoms with Crippen molar-refractivity contribution in [1.82, 2.24) is 14.7 Å². The van der Waals surface area contributed by atoms with Crippen LogP contribution in [0, 0.1) is 18.8 Å². The number of likely N-dealkylation sites (tertiary alicyclic amines) is 1. The molecular weight excluding hydrogens is 382 g/mol. The maximum atomic E-state index is 12.6. The molecule has 2 heterocycles. The van der Waals surface area contributed by atoms with Gasteiger partial charge in [0, 0.05) is 13.1 Å². The van der Waals surface area contributed by atoms with Crippen molar-refractivity contribution >= 4 is 23.6 Å². The van der Waals surface area contributed by atoms with E-state index >= 15 is 0 Å². The number of aryl methyl sites for hydroxylation is 1. The number of benzene rings is 1. The van der Waals surface area contributed by atoms with E-state index in [1.54, 1.807) is 4.90 Å². The van der Waals surface area contributed by atoms with Gasteiger partial charge in [0.25, 0.3) is 0 Å². The number of carboxylic acid groups (broad SMARTS) is 1. The molecule has 2 aromatic rings. The van der Waals surface area contributed by atoms with E-state index in [4.69, 9.17) is 21.4 Å². The predicted molar refractivity (Wildman–Crippen MR) is 103 cm³/mol. The molecule has 3 atom stereocenters. The minimum Gasteiger partial charge on any atom is -0.476 e. The summed E-state index contributed by atoms with van der Waals surface area (Å²) in [5.74, 6) is -0.448. The summed E-state index contributed by atoms with van der Waals surface area (Å²) >= 11 is 5.85. The van der Waals surface area contributed by atoms with Gasteiger partial charge < -0.3 is 14.7 Å². The maximum Gasteiger partial charge on any atom is 0.357 e. The minimum atomic E-state index is -1.25. The number of hydrogen-bond donors (Lipinski definition) is 1. The van der Waals surface area contributed by atoms with Crippen LogP contribution in [0.3, 0.4) is 0 Å². The molecule has 1 saturated carbocycles. The van der Waals surface area contributed by atoms with E-state index in [9.17, 15) is 9.59 Å². The van der Waals surface area contributed by atoms with Gasteiger partial charge in [-0.3, -0.25) is 0 Å². The topological polar surface area (TPSA) is 84.7 Å². The molecule has 2 fully saturated rings. The van der Waals surface area contributed by atoms with Crippen LogP contribution in [-0.4, -0.2) is 51.0 Å². The molecule has 148 valence electrons. The van der Waals surface area contributed by atoms with E-state index < -0.39 is 5.97 Å². The number of aromatic carboxylic acids is 1. The summed E-state index contributed by atoms with van der Waals surface area (Å²) in [7, 11) is 0. The largest absolute Gasteiger partial charge is 0.476 e. The number of carbonyl (C=O) groups is 2. The Morgan fingerprint density at radius 2 is 2.00 bits per heavy atom. The van der Waals surface area contributed by atoms with Gasteiger partial charge in [0.2, 0.25) is 0 Å².